The standard InChI is InChI=1S/C18H21ClFN5/c1-21-18(23-11-13-4-6-14(20)7-5-13)24-15-8-10-25(12-15)17-16(19)3-2-9-22-17/h2-7,9,15H,8,10-12H2,1H3,(H2,21,23,24). The van der Waals surface area contributed by atoms with Crippen LogP contribution in [-0.2, 0) is 6.54 Å². The number of aromatic nitrogens is 1. The van der Waals surface area contributed by atoms with Crippen LogP contribution in [0.3, 0.4) is 0 Å². The predicted molar refractivity (Wildman–Crippen MR) is 99.6 cm³/mol. The summed E-state index contributed by atoms with van der Waals surface area (Å²) in [6.45, 7) is 2.29. The Kier molecular flexibility index (Phi) is 5.71. The number of anilines is 1. The predicted octanol–water partition coefficient (Wildman–Crippen LogP) is 2.82. The maximum atomic E-state index is 13.0. The SMILES string of the molecule is CN=C(NCc1ccc(F)cc1)NC1CCN(c2ncccc2Cl)C1. The van der Waals surface area contributed by atoms with Gasteiger partial charge >= 0.3 is 0 Å². The number of guanidine groups is 1. The van der Waals surface area contributed by atoms with E-state index in [9.17, 15) is 4.39 Å². The van der Waals surface area contributed by atoms with Crippen molar-refractivity contribution >= 4 is 23.4 Å². The third-order valence-electron chi connectivity index (χ3n) is 4.16. The van der Waals surface area contributed by atoms with E-state index in [4.69, 9.17) is 11.6 Å². The van der Waals surface area contributed by atoms with Crippen LogP contribution in [0.1, 0.15) is 12.0 Å². The van der Waals surface area contributed by atoms with Crippen molar-refractivity contribution in [1.29, 1.82) is 0 Å². The van der Waals surface area contributed by atoms with Crippen molar-refractivity contribution in [3.8, 4) is 0 Å². The molecule has 0 radical (unpaired) electrons. The quantitative estimate of drug-likeness (QED) is 0.649. The van der Waals surface area contributed by atoms with E-state index in [1.54, 1.807) is 25.4 Å². The minimum absolute atomic E-state index is 0.231. The van der Waals surface area contributed by atoms with Crippen LogP contribution in [-0.4, -0.2) is 37.1 Å². The minimum Gasteiger partial charge on any atom is -0.353 e. The van der Waals surface area contributed by atoms with E-state index in [-0.39, 0.29) is 11.9 Å². The molecule has 1 aliphatic rings. The number of hydrogen-bond donors (Lipinski definition) is 2. The Bertz CT molecular complexity index is 735. The van der Waals surface area contributed by atoms with Gasteiger partial charge < -0.3 is 15.5 Å². The molecule has 1 atom stereocenters. The van der Waals surface area contributed by atoms with Gasteiger partial charge in [0.25, 0.3) is 0 Å². The molecule has 1 aromatic heterocycles. The average molecular weight is 362 g/mol. The Hall–Kier alpha value is -2.34. The molecule has 2 aromatic rings. The van der Waals surface area contributed by atoms with Crippen molar-refractivity contribution in [2.45, 2.75) is 19.0 Å². The molecule has 7 heteroatoms. The highest BCUT2D eigenvalue weighted by atomic mass is 35.5. The van der Waals surface area contributed by atoms with Crippen LogP contribution in [0, 0.1) is 5.82 Å². The third-order valence-corrected chi connectivity index (χ3v) is 4.46. The fourth-order valence-corrected chi connectivity index (χ4v) is 3.10. The molecule has 0 bridgehead atoms. The number of nitrogens with zero attached hydrogens (tertiary/aromatic N) is 3. The molecule has 0 spiro atoms. The van der Waals surface area contributed by atoms with Gasteiger partial charge in [-0.1, -0.05) is 23.7 Å². The third kappa shape index (κ3) is 4.60. The first-order valence-electron chi connectivity index (χ1n) is 8.23. The van der Waals surface area contributed by atoms with E-state index in [1.807, 2.05) is 12.1 Å². The Morgan fingerprint density at radius 2 is 2.16 bits per heavy atom. The number of hydrogen-bond acceptors (Lipinski definition) is 3. The second-order valence-electron chi connectivity index (χ2n) is 5.94. The van der Waals surface area contributed by atoms with E-state index < -0.39 is 0 Å². The maximum absolute atomic E-state index is 13.0. The lowest BCUT2D eigenvalue weighted by molar-refractivity contribution is 0.626. The lowest BCUT2D eigenvalue weighted by Crippen LogP contribution is -2.44. The zero-order valence-electron chi connectivity index (χ0n) is 14.0. The summed E-state index contributed by atoms with van der Waals surface area (Å²) in [6.07, 6.45) is 2.73. The lowest BCUT2D eigenvalue weighted by atomic mass is 10.2. The number of benzene rings is 1. The molecular weight excluding hydrogens is 341 g/mol. The fourth-order valence-electron chi connectivity index (χ4n) is 2.86. The van der Waals surface area contributed by atoms with Crippen molar-refractivity contribution in [3.05, 3.63) is 59.0 Å². The molecule has 132 valence electrons. The van der Waals surface area contributed by atoms with Crippen LogP contribution >= 0.6 is 11.6 Å². The second kappa shape index (κ2) is 8.16. The molecule has 1 aromatic carbocycles. The number of pyridine rings is 1. The Morgan fingerprint density at radius 3 is 2.88 bits per heavy atom. The topological polar surface area (TPSA) is 52.6 Å². The normalized spacial score (nSPS) is 17.6. The molecule has 0 aliphatic carbocycles. The van der Waals surface area contributed by atoms with Crippen LogP contribution in [0.15, 0.2) is 47.6 Å². The van der Waals surface area contributed by atoms with Gasteiger partial charge in [-0.2, -0.15) is 0 Å². The molecule has 1 saturated heterocycles. The van der Waals surface area contributed by atoms with Gasteiger partial charge in [-0.15, -0.1) is 0 Å². The van der Waals surface area contributed by atoms with E-state index in [0.717, 1.165) is 36.9 Å². The zero-order valence-corrected chi connectivity index (χ0v) is 14.8. The number of rotatable bonds is 4. The van der Waals surface area contributed by atoms with E-state index in [2.05, 4.69) is 25.5 Å². The van der Waals surface area contributed by atoms with Gasteiger partial charge in [-0.25, -0.2) is 9.37 Å². The van der Waals surface area contributed by atoms with Crippen molar-refractivity contribution in [1.82, 2.24) is 15.6 Å². The van der Waals surface area contributed by atoms with Gasteiger partial charge in [0, 0.05) is 38.9 Å². The van der Waals surface area contributed by atoms with Crippen LogP contribution in [0.5, 0.6) is 0 Å². The van der Waals surface area contributed by atoms with Crippen molar-refractivity contribution < 1.29 is 4.39 Å². The summed E-state index contributed by atoms with van der Waals surface area (Å²) in [4.78, 5) is 10.8. The molecule has 1 unspecified atom stereocenters. The van der Waals surface area contributed by atoms with Gasteiger partial charge in [-0.3, -0.25) is 4.99 Å². The molecule has 2 N–H and O–H groups in total. The van der Waals surface area contributed by atoms with E-state index >= 15 is 0 Å². The summed E-state index contributed by atoms with van der Waals surface area (Å²) in [7, 11) is 1.74. The molecule has 0 saturated carbocycles. The lowest BCUT2D eigenvalue weighted by Gasteiger charge is -2.20. The monoisotopic (exact) mass is 361 g/mol. The molecule has 2 heterocycles. The Balaban J connectivity index is 1.53. The van der Waals surface area contributed by atoms with Gasteiger partial charge in [0.15, 0.2) is 5.96 Å². The summed E-state index contributed by atoms with van der Waals surface area (Å²) in [5.74, 6) is 1.32. The number of halogens is 2. The number of aliphatic imine (C=N–C) groups is 1. The van der Waals surface area contributed by atoms with Crippen molar-refractivity contribution in [2.24, 2.45) is 4.99 Å². The molecule has 1 fully saturated rings. The Labute approximate surface area is 151 Å². The minimum atomic E-state index is -0.231. The Morgan fingerprint density at radius 1 is 1.36 bits per heavy atom. The zero-order chi connectivity index (χ0) is 17.6. The molecule has 0 amide bonds. The number of nitrogens with one attached hydrogen (secondary N) is 2. The summed E-state index contributed by atoms with van der Waals surface area (Å²) >= 11 is 6.23. The first-order valence-corrected chi connectivity index (χ1v) is 8.60. The van der Waals surface area contributed by atoms with Crippen LogP contribution < -0.4 is 15.5 Å². The highest BCUT2D eigenvalue weighted by Gasteiger charge is 2.25. The van der Waals surface area contributed by atoms with Gasteiger partial charge in [0.2, 0.25) is 0 Å². The molecular formula is C18H21ClFN5. The average Bonchev–Trinajstić information content (AvgIpc) is 3.08. The largest absolute Gasteiger partial charge is 0.353 e. The first-order chi connectivity index (χ1) is 12.2. The van der Waals surface area contributed by atoms with Crippen molar-refractivity contribution in [2.75, 3.05) is 25.0 Å². The van der Waals surface area contributed by atoms with Crippen LogP contribution in [0.4, 0.5) is 10.2 Å². The summed E-state index contributed by atoms with van der Waals surface area (Å²) in [6, 6.07) is 10.4. The summed E-state index contributed by atoms with van der Waals surface area (Å²) in [5.41, 5.74) is 0.998. The van der Waals surface area contributed by atoms with Gasteiger partial charge in [-0.05, 0) is 36.2 Å². The van der Waals surface area contributed by atoms with Crippen LogP contribution in [0.2, 0.25) is 5.02 Å². The maximum Gasteiger partial charge on any atom is 0.191 e. The van der Waals surface area contributed by atoms with E-state index in [1.165, 1.54) is 12.1 Å². The van der Waals surface area contributed by atoms with Gasteiger partial charge in [0.1, 0.15) is 11.6 Å². The molecule has 1 aliphatic heterocycles. The smallest absolute Gasteiger partial charge is 0.191 e. The fraction of sp³-hybridized carbons (Fsp3) is 0.333. The summed E-state index contributed by atoms with van der Waals surface area (Å²) < 4.78 is 13.0. The van der Waals surface area contributed by atoms with Gasteiger partial charge in [0.05, 0.1) is 5.02 Å². The molecule has 3 rings (SSSR count). The summed E-state index contributed by atoms with van der Waals surface area (Å²) in [5, 5.41) is 7.34. The van der Waals surface area contributed by atoms with Crippen molar-refractivity contribution in [3.63, 3.8) is 0 Å². The van der Waals surface area contributed by atoms with Crippen LogP contribution in [0.25, 0.3) is 0 Å². The van der Waals surface area contributed by atoms with E-state index in [0.29, 0.717) is 11.6 Å². The molecule has 5 nitrogen and oxygen atoms in total. The second-order valence-corrected chi connectivity index (χ2v) is 6.34. The highest BCUT2D eigenvalue weighted by Crippen LogP contribution is 2.25. The molecule has 25 heavy (non-hydrogen) atoms. The first kappa shape index (κ1) is 17.5. The highest BCUT2D eigenvalue weighted by molar-refractivity contribution is 6.32.